The van der Waals surface area contributed by atoms with Crippen LogP contribution < -0.4 is 5.73 Å². The van der Waals surface area contributed by atoms with Crippen molar-refractivity contribution in [1.29, 1.82) is 0 Å². The molecule has 0 aliphatic rings. The van der Waals surface area contributed by atoms with Gasteiger partial charge in [0.05, 0.1) is 16.1 Å². The minimum atomic E-state index is -0.0373. The van der Waals surface area contributed by atoms with Crippen molar-refractivity contribution in [2.24, 2.45) is 5.73 Å². The van der Waals surface area contributed by atoms with Crippen LogP contribution in [0.15, 0.2) is 11.7 Å². The van der Waals surface area contributed by atoms with Crippen molar-refractivity contribution in [2.45, 2.75) is 38.6 Å². The largest absolute Gasteiger partial charge is 0.323 e. The van der Waals surface area contributed by atoms with E-state index in [0.29, 0.717) is 0 Å². The van der Waals surface area contributed by atoms with Crippen molar-refractivity contribution in [1.82, 2.24) is 14.6 Å². The van der Waals surface area contributed by atoms with Crippen LogP contribution in [0.4, 0.5) is 0 Å². The standard InChI is InChI=1S/C11H16N4S2/c1-11(2,3)10-9(17-15-14-10)8(12)4-7-5-13-6-16-7/h5-6,8H,4,12H2,1-3H3. The zero-order valence-electron chi connectivity index (χ0n) is 10.2. The summed E-state index contributed by atoms with van der Waals surface area (Å²) < 4.78 is 4.04. The monoisotopic (exact) mass is 268 g/mol. The summed E-state index contributed by atoms with van der Waals surface area (Å²) in [5.41, 5.74) is 9.08. The molecule has 0 saturated heterocycles. The van der Waals surface area contributed by atoms with Gasteiger partial charge in [0, 0.05) is 29.0 Å². The summed E-state index contributed by atoms with van der Waals surface area (Å²) in [4.78, 5) is 6.35. The Kier molecular flexibility index (Phi) is 3.56. The minimum Gasteiger partial charge on any atom is -0.323 e. The van der Waals surface area contributed by atoms with Crippen LogP contribution in [0.25, 0.3) is 0 Å². The number of thiazole rings is 1. The summed E-state index contributed by atoms with van der Waals surface area (Å²) in [5.74, 6) is 0. The molecule has 0 spiro atoms. The third-order valence-corrected chi connectivity index (χ3v) is 4.12. The van der Waals surface area contributed by atoms with Crippen molar-refractivity contribution in [3.05, 3.63) is 27.2 Å². The Labute approximate surface area is 109 Å². The Morgan fingerprint density at radius 2 is 2.18 bits per heavy atom. The molecule has 0 radical (unpaired) electrons. The maximum Gasteiger partial charge on any atom is 0.0857 e. The Morgan fingerprint density at radius 1 is 1.41 bits per heavy atom. The number of hydrogen-bond donors (Lipinski definition) is 1. The van der Waals surface area contributed by atoms with Crippen molar-refractivity contribution < 1.29 is 0 Å². The molecule has 92 valence electrons. The second-order valence-electron chi connectivity index (χ2n) is 5.01. The van der Waals surface area contributed by atoms with Crippen LogP contribution in [-0.2, 0) is 11.8 Å². The van der Waals surface area contributed by atoms with Crippen molar-refractivity contribution in [2.75, 3.05) is 0 Å². The van der Waals surface area contributed by atoms with Gasteiger partial charge in [0.15, 0.2) is 0 Å². The zero-order valence-corrected chi connectivity index (χ0v) is 11.8. The maximum absolute atomic E-state index is 6.24. The molecule has 0 saturated carbocycles. The van der Waals surface area contributed by atoms with E-state index in [1.807, 2.05) is 11.7 Å². The highest BCUT2D eigenvalue weighted by molar-refractivity contribution is 7.09. The fourth-order valence-corrected chi connectivity index (χ4v) is 3.13. The third-order valence-electron chi connectivity index (χ3n) is 2.47. The summed E-state index contributed by atoms with van der Waals surface area (Å²) in [7, 11) is 0. The van der Waals surface area contributed by atoms with Crippen LogP contribution in [-0.4, -0.2) is 14.6 Å². The minimum absolute atomic E-state index is 0.00630. The normalized spacial score (nSPS) is 13.9. The predicted octanol–water partition coefficient (Wildman–Crippen LogP) is 2.53. The molecule has 0 fully saturated rings. The van der Waals surface area contributed by atoms with Gasteiger partial charge in [-0.15, -0.1) is 16.4 Å². The first kappa shape index (κ1) is 12.6. The molecule has 0 amide bonds. The zero-order chi connectivity index (χ0) is 12.5. The number of nitrogens with two attached hydrogens (primary N) is 1. The van der Waals surface area contributed by atoms with Crippen LogP contribution in [0.3, 0.4) is 0 Å². The van der Waals surface area contributed by atoms with Gasteiger partial charge in [0.2, 0.25) is 0 Å². The lowest BCUT2D eigenvalue weighted by atomic mass is 9.89. The first-order valence-electron chi connectivity index (χ1n) is 5.44. The molecule has 17 heavy (non-hydrogen) atoms. The Bertz CT molecular complexity index is 470. The van der Waals surface area contributed by atoms with E-state index in [1.54, 1.807) is 11.3 Å². The molecular weight excluding hydrogens is 252 g/mol. The van der Waals surface area contributed by atoms with Gasteiger partial charge >= 0.3 is 0 Å². The highest BCUT2D eigenvalue weighted by Crippen LogP contribution is 2.31. The summed E-state index contributed by atoms with van der Waals surface area (Å²) in [5, 5.41) is 4.21. The van der Waals surface area contributed by atoms with Gasteiger partial charge < -0.3 is 5.73 Å². The molecule has 2 heterocycles. The lowest BCUT2D eigenvalue weighted by Gasteiger charge is -2.19. The molecule has 2 aromatic rings. The van der Waals surface area contributed by atoms with E-state index in [0.717, 1.165) is 17.0 Å². The maximum atomic E-state index is 6.24. The van der Waals surface area contributed by atoms with E-state index in [2.05, 4.69) is 35.3 Å². The SMILES string of the molecule is CC(C)(C)c1nnsc1C(N)Cc1cncs1. The average Bonchev–Trinajstić information content (AvgIpc) is 2.85. The molecule has 6 heteroatoms. The Balaban J connectivity index is 2.20. The van der Waals surface area contributed by atoms with Gasteiger partial charge in [-0.3, -0.25) is 4.98 Å². The van der Waals surface area contributed by atoms with Crippen LogP contribution in [0, 0.1) is 0 Å². The van der Waals surface area contributed by atoms with E-state index >= 15 is 0 Å². The van der Waals surface area contributed by atoms with Crippen LogP contribution in [0.5, 0.6) is 0 Å². The van der Waals surface area contributed by atoms with Crippen molar-refractivity contribution in [3.63, 3.8) is 0 Å². The highest BCUT2D eigenvalue weighted by atomic mass is 32.1. The summed E-state index contributed by atoms with van der Waals surface area (Å²) in [6.45, 7) is 6.39. The quantitative estimate of drug-likeness (QED) is 0.929. The van der Waals surface area contributed by atoms with Gasteiger partial charge in [-0.1, -0.05) is 25.3 Å². The first-order valence-corrected chi connectivity index (χ1v) is 7.09. The van der Waals surface area contributed by atoms with Gasteiger partial charge in [0.25, 0.3) is 0 Å². The number of nitrogens with zero attached hydrogens (tertiary/aromatic N) is 3. The fourth-order valence-electron chi connectivity index (χ4n) is 1.61. The number of aromatic nitrogens is 3. The average molecular weight is 268 g/mol. The fraction of sp³-hybridized carbons (Fsp3) is 0.545. The predicted molar refractivity (Wildman–Crippen MR) is 71.4 cm³/mol. The third kappa shape index (κ3) is 2.88. The molecule has 1 atom stereocenters. The smallest absolute Gasteiger partial charge is 0.0857 e. The molecule has 1 unspecified atom stereocenters. The van der Waals surface area contributed by atoms with Crippen LogP contribution >= 0.6 is 22.9 Å². The van der Waals surface area contributed by atoms with E-state index in [-0.39, 0.29) is 11.5 Å². The molecular formula is C11H16N4S2. The molecule has 2 N–H and O–H groups in total. The molecule has 0 aliphatic carbocycles. The summed E-state index contributed by atoms with van der Waals surface area (Å²) in [6, 6.07) is -0.0373. The van der Waals surface area contributed by atoms with Gasteiger partial charge in [-0.05, 0) is 11.5 Å². The highest BCUT2D eigenvalue weighted by Gasteiger charge is 2.25. The van der Waals surface area contributed by atoms with Gasteiger partial charge in [-0.2, -0.15) is 0 Å². The molecule has 0 aliphatic heterocycles. The molecule has 2 aromatic heterocycles. The van der Waals surface area contributed by atoms with E-state index < -0.39 is 0 Å². The van der Waals surface area contributed by atoms with E-state index in [1.165, 1.54) is 16.4 Å². The summed E-state index contributed by atoms with van der Waals surface area (Å²) >= 11 is 3.04. The lowest BCUT2D eigenvalue weighted by Crippen LogP contribution is -2.20. The Hall–Kier alpha value is -0.850. The molecule has 0 aromatic carbocycles. The molecule has 4 nitrogen and oxygen atoms in total. The summed E-state index contributed by atoms with van der Waals surface area (Å²) in [6.07, 6.45) is 2.67. The van der Waals surface area contributed by atoms with Crippen molar-refractivity contribution in [3.8, 4) is 0 Å². The van der Waals surface area contributed by atoms with Gasteiger partial charge in [0.1, 0.15) is 0 Å². The Morgan fingerprint density at radius 3 is 2.76 bits per heavy atom. The lowest BCUT2D eigenvalue weighted by molar-refractivity contribution is 0.550. The molecule has 2 rings (SSSR count). The van der Waals surface area contributed by atoms with Crippen molar-refractivity contribution >= 4 is 22.9 Å². The first-order chi connectivity index (χ1) is 7.98. The van der Waals surface area contributed by atoms with Crippen LogP contribution in [0.2, 0.25) is 0 Å². The second kappa shape index (κ2) is 4.80. The van der Waals surface area contributed by atoms with Gasteiger partial charge in [-0.25, -0.2) is 0 Å². The molecule has 0 bridgehead atoms. The topological polar surface area (TPSA) is 64.7 Å². The van der Waals surface area contributed by atoms with E-state index in [4.69, 9.17) is 5.73 Å². The van der Waals surface area contributed by atoms with E-state index in [9.17, 15) is 0 Å². The number of hydrogen-bond acceptors (Lipinski definition) is 6. The number of rotatable bonds is 3. The second-order valence-corrected chi connectivity index (χ2v) is 6.77. The van der Waals surface area contributed by atoms with Crippen LogP contribution in [0.1, 0.15) is 42.3 Å².